The molecule has 8 heteroatoms. The van der Waals surface area contributed by atoms with Crippen LogP contribution in [0.3, 0.4) is 0 Å². The molecule has 22 heavy (non-hydrogen) atoms. The Bertz CT molecular complexity index is 635. The fourth-order valence-corrected chi connectivity index (χ4v) is 2.19. The topological polar surface area (TPSA) is 115 Å². The van der Waals surface area contributed by atoms with E-state index in [0.29, 0.717) is 22.8 Å². The van der Waals surface area contributed by atoms with E-state index >= 15 is 0 Å². The highest BCUT2D eigenvalue weighted by atomic mass is 79.9. The van der Waals surface area contributed by atoms with Crippen molar-refractivity contribution in [3.05, 3.63) is 35.7 Å². The van der Waals surface area contributed by atoms with Gasteiger partial charge >= 0.3 is 5.97 Å². The van der Waals surface area contributed by atoms with Crippen LogP contribution in [0.5, 0.6) is 0 Å². The van der Waals surface area contributed by atoms with Crippen LogP contribution in [0.2, 0.25) is 0 Å². The minimum absolute atomic E-state index is 0.133. The normalized spacial score (nSPS) is 12.1. The van der Waals surface area contributed by atoms with Gasteiger partial charge in [0.25, 0.3) is 0 Å². The molecule has 116 valence electrons. The van der Waals surface area contributed by atoms with Crippen molar-refractivity contribution in [1.29, 1.82) is 0 Å². The second kappa shape index (κ2) is 7.90. The summed E-state index contributed by atoms with van der Waals surface area (Å²) in [6, 6.07) is 6.58. The lowest BCUT2D eigenvalue weighted by atomic mass is 10.0. The van der Waals surface area contributed by atoms with Gasteiger partial charge in [0.05, 0.1) is 6.42 Å². The van der Waals surface area contributed by atoms with E-state index in [0.717, 1.165) is 18.2 Å². The summed E-state index contributed by atoms with van der Waals surface area (Å²) in [6.07, 6.45) is 1.50. The molecule has 3 N–H and O–H groups in total. The average molecular weight is 366 g/mol. The zero-order chi connectivity index (χ0) is 15.9. The van der Waals surface area contributed by atoms with E-state index < -0.39 is 12.0 Å². The maximum Gasteiger partial charge on any atom is 0.305 e. The second-order valence-corrected chi connectivity index (χ2v) is 5.56. The Hall–Kier alpha value is -1.93. The van der Waals surface area contributed by atoms with Crippen molar-refractivity contribution >= 4 is 21.9 Å². The number of carboxylic acid groups (broad SMARTS) is 1. The molecule has 2 rings (SSSR count). The highest BCUT2D eigenvalue weighted by Gasteiger charge is 2.12. The molecule has 7 nitrogen and oxygen atoms in total. The molecule has 1 unspecified atom stereocenters. The fraction of sp³-hybridized carbons (Fsp3) is 0.357. The Kier molecular flexibility index (Phi) is 5.91. The summed E-state index contributed by atoms with van der Waals surface area (Å²) in [5.74, 6) is 0.0579. The number of aliphatic carboxylic acids is 1. The number of carbonyl (C=O) groups is 1. The smallest absolute Gasteiger partial charge is 0.305 e. The van der Waals surface area contributed by atoms with Crippen molar-refractivity contribution in [2.45, 2.75) is 25.3 Å². The summed E-state index contributed by atoms with van der Waals surface area (Å²) in [4.78, 5) is 10.7. The third-order valence-corrected chi connectivity index (χ3v) is 3.58. The summed E-state index contributed by atoms with van der Waals surface area (Å²) in [6.45, 7) is 0. The lowest BCUT2D eigenvalue weighted by Gasteiger charge is -2.10. The SMILES string of the molecule is NC(CC(=O)O)c1cccc(-c2nnc(CCCBr)nn2)c1. The van der Waals surface area contributed by atoms with Gasteiger partial charge in [0.1, 0.15) is 0 Å². The molecular formula is C14H16BrN5O2. The molecule has 0 fully saturated rings. The van der Waals surface area contributed by atoms with Crippen molar-refractivity contribution in [3.63, 3.8) is 0 Å². The number of halogens is 1. The van der Waals surface area contributed by atoms with Crippen LogP contribution < -0.4 is 5.73 Å². The average Bonchev–Trinajstić information content (AvgIpc) is 2.53. The van der Waals surface area contributed by atoms with Crippen molar-refractivity contribution in [2.24, 2.45) is 5.73 Å². The molecule has 0 aliphatic carbocycles. The van der Waals surface area contributed by atoms with Crippen LogP contribution in [0.1, 0.15) is 30.3 Å². The molecule has 0 saturated heterocycles. The molecule has 0 aliphatic heterocycles. The first-order chi connectivity index (χ1) is 10.6. The lowest BCUT2D eigenvalue weighted by molar-refractivity contribution is -0.137. The number of rotatable bonds is 7. The third-order valence-electron chi connectivity index (χ3n) is 3.02. The molecule has 2 aromatic rings. The van der Waals surface area contributed by atoms with E-state index in [9.17, 15) is 4.79 Å². The highest BCUT2D eigenvalue weighted by Crippen LogP contribution is 2.20. The van der Waals surface area contributed by atoms with E-state index in [1.165, 1.54) is 0 Å². The molecule has 0 spiro atoms. The van der Waals surface area contributed by atoms with Crippen LogP contribution in [0.4, 0.5) is 0 Å². The summed E-state index contributed by atoms with van der Waals surface area (Å²) < 4.78 is 0. The van der Waals surface area contributed by atoms with E-state index in [1.807, 2.05) is 6.07 Å². The Morgan fingerprint density at radius 3 is 2.64 bits per heavy atom. The number of carboxylic acids is 1. The summed E-state index contributed by atoms with van der Waals surface area (Å²) >= 11 is 3.35. The quantitative estimate of drug-likeness (QED) is 0.717. The van der Waals surface area contributed by atoms with Gasteiger partial charge < -0.3 is 10.8 Å². The summed E-state index contributed by atoms with van der Waals surface area (Å²) in [5, 5.41) is 25.9. The molecule has 0 saturated carbocycles. The lowest BCUT2D eigenvalue weighted by Crippen LogP contribution is -2.15. The number of aromatic nitrogens is 4. The van der Waals surface area contributed by atoms with Gasteiger partial charge in [0.2, 0.25) is 5.82 Å². The Balaban J connectivity index is 2.16. The largest absolute Gasteiger partial charge is 0.481 e. The van der Waals surface area contributed by atoms with Crippen molar-refractivity contribution in [2.75, 3.05) is 5.33 Å². The predicted octanol–water partition coefficient (Wildman–Crippen LogP) is 1.74. The van der Waals surface area contributed by atoms with Crippen LogP contribution in [0.25, 0.3) is 11.4 Å². The van der Waals surface area contributed by atoms with Gasteiger partial charge in [-0.05, 0) is 18.1 Å². The van der Waals surface area contributed by atoms with E-state index in [2.05, 4.69) is 36.3 Å². The van der Waals surface area contributed by atoms with Crippen LogP contribution in [0, 0.1) is 0 Å². The first-order valence-corrected chi connectivity index (χ1v) is 7.92. The van der Waals surface area contributed by atoms with Crippen LogP contribution in [0.15, 0.2) is 24.3 Å². The molecule has 1 aromatic carbocycles. The first kappa shape index (κ1) is 16.4. The second-order valence-electron chi connectivity index (χ2n) is 4.76. The first-order valence-electron chi connectivity index (χ1n) is 6.80. The molecule has 1 aromatic heterocycles. The molecular weight excluding hydrogens is 350 g/mol. The molecule has 1 atom stereocenters. The van der Waals surface area contributed by atoms with E-state index in [-0.39, 0.29) is 6.42 Å². The van der Waals surface area contributed by atoms with Crippen molar-refractivity contribution < 1.29 is 9.90 Å². The number of aryl methyl sites for hydroxylation is 1. The van der Waals surface area contributed by atoms with Crippen LogP contribution >= 0.6 is 15.9 Å². The highest BCUT2D eigenvalue weighted by molar-refractivity contribution is 9.09. The minimum atomic E-state index is -0.936. The van der Waals surface area contributed by atoms with Crippen molar-refractivity contribution in [3.8, 4) is 11.4 Å². The number of hydrogen-bond acceptors (Lipinski definition) is 6. The monoisotopic (exact) mass is 365 g/mol. The van der Waals surface area contributed by atoms with Gasteiger partial charge in [-0.2, -0.15) is 0 Å². The minimum Gasteiger partial charge on any atom is -0.481 e. The third kappa shape index (κ3) is 4.54. The van der Waals surface area contributed by atoms with Gasteiger partial charge in [-0.1, -0.05) is 34.1 Å². The number of benzene rings is 1. The fourth-order valence-electron chi connectivity index (χ4n) is 1.90. The maximum atomic E-state index is 10.7. The number of hydrogen-bond donors (Lipinski definition) is 2. The van der Waals surface area contributed by atoms with Gasteiger partial charge in [0, 0.05) is 23.4 Å². The molecule has 1 heterocycles. The summed E-state index contributed by atoms with van der Waals surface area (Å²) in [7, 11) is 0. The zero-order valence-electron chi connectivity index (χ0n) is 11.8. The molecule has 0 radical (unpaired) electrons. The number of nitrogens with two attached hydrogens (primary N) is 1. The maximum absolute atomic E-state index is 10.7. The Labute approximate surface area is 136 Å². The van der Waals surface area contributed by atoms with Gasteiger partial charge in [-0.25, -0.2) is 0 Å². The Morgan fingerprint density at radius 2 is 2.00 bits per heavy atom. The zero-order valence-corrected chi connectivity index (χ0v) is 13.4. The number of nitrogens with zero attached hydrogens (tertiary/aromatic N) is 4. The van der Waals surface area contributed by atoms with E-state index in [4.69, 9.17) is 10.8 Å². The van der Waals surface area contributed by atoms with Gasteiger partial charge in [0.15, 0.2) is 5.82 Å². The van der Waals surface area contributed by atoms with E-state index in [1.54, 1.807) is 18.2 Å². The Morgan fingerprint density at radius 1 is 1.27 bits per heavy atom. The van der Waals surface area contributed by atoms with Gasteiger partial charge in [-0.15, -0.1) is 20.4 Å². The van der Waals surface area contributed by atoms with Crippen LogP contribution in [-0.4, -0.2) is 36.8 Å². The van der Waals surface area contributed by atoms with Crippen molar-refractivity contribution in [1.82, 2.24) is 20.4 Å². The summed E-state index contributed by atoms with van der Waals surface area (Å²) in [5.41, 5.74) is 7.29. The molecule has 0 bridgehead atoms. The number of alkyl halides is 1. The van der Waals surface area contributed by atoms with Crippen LogP contribution in [-0.2, 0) is 11.2 Å². The predicted molar refractivity (Wildman–Crippen MR) is 84.4 cm³/mol. The van der Waals surface area contributed by atoms with Gasteiger partial charge in [-0.3, -0.25) is 4.79 Å². The standard InChI is InChI=1S/C14H16BrN5O2/c15-6-2-5-12-17-19-14(20-18-12)10-4-1-3-9(7-10)11(16)8-13(21)22/h1,3-4,7,11H,2,5-6,8,16H2,(H,21,22). The molecule has 0 aliphatic rings. The molecule has 0 amide bonds.